The summed E-state index contributed by atoms with van der Waals surface area (Å²) in [4.78, 5) is 0.129. The lowest BCUT2D eigenvalue weighted by atomic mass is 10.1. The number of nitrogens with zero attached hydrogens (tertiary/aromatic N) is 3. The number of hydrogen-bond acceptors (Lipinski definition) is 5. The van der Waals surface area contributed by atoms with Gasteiger partial charge in [0.2, 0.25) is 10.0 Å². The van der Waals surface area contributed by atoms with E-state index in [1.54, 1.807) is 31.8 Å². The molecule has 0 spiro atoms. The maximum absolute atomic E-state index is 11.6. The number of hydrogen-bond donors (Lipinski definition) is 1. The molecule has 0 bridgehead atoms. The molecule has 8 heteroatoms. The first-order chi connectivity index (χ1) is 9.70. The predicted octanol–water partition coefficient (Wildman–Crippen LogP) is 0.967. The minimum Gasteiger partial charge on any atom is -0.487 e. The Morgan fingerprint density at radius 1 is 1.29 bits per heavy atom. The summed E-state index contributed by atoms with van der Waals surface area (Å²) in [6.45, 7) is 5.57. The molecular weight excluding hydrogens is 292 g/mol. The maximum atomic E-state index is 11.6. The summed E-state index contributed by atoms with van der Waals surface area (Å²) in [5.41, 5.74) is 2.76. The molecule has 0 aliphatic heterocycles. The number of sulfonamides is 1. The molecule has 1 aromatic carbocycles. The van der Waals surface area contributed by atoms with Crippen molar-refractivity contribution in [1.29, 1.82) is 0 Å². The van der Waals surface area contributed by atoms with Crippen LogP contribution >= 0.6 is 0 Å². The minimum atomic E-state index is -3.74. The lowest BCUT2D eigenvalue weighted by Crippen LogP contribution is -2.15. The SMILES string of the molecule is Cc1cc(S(N)(=O)=O)c(C)c(C)c1OCc1cn(C)nn1. The van der Waals surface area contributed by atoms with Crippen LogP contribution in [0.1, 0.15) is 22.4 Å². The largest absolute Gasteiger partial charge is 0.487 e. The summed E-state index contributed by atoms with van der Waals surface area (Å²) in [5, 5.41) is 13.0. The Hall–Kier alpha value is -1.93. The molecule has 0 aliphatic carbocycles. The smallest absolute Gasteiger partial charge is 0.238 e. The second kappa shape index (κ2) is 5.45. The molecule has 0 saturated heterocycles. The van der Waals surface area contributed by atoms with Crippen LogP contribution in [0.3, 0.4) is 0 Å². The molecule has 114 valence electrons. The first-order valence-electron chi connectivity index (χ1n) is 6.31. The molecule has 1 heterocycles. The Morgan fingerprint density at radius 3 is 2.48 bits per heavy atom. The van der Waals surface area contributed by atoms with Crippen molar-refractivity contribution in [2.24, 2.45) is 12.2 Å². The fourth-order valence-electron chi connectivity index (χ4n) is 2.15. The zero-order valence-corrected chi connectivity index (χ0v) is 13.2. The van der Waals surface area contributed by atoms with E-state index in [1.165, 1.54) is 6.07 Å². The summed E-state index contributed by atoms with van der Waals surface area (Å²) in [6, 6.07) is 1.53. The Kier molecular flexibility index (Phi) is 4.02. The molecule has 1 aromatic heterocycles. The van der Waals surface area contributed by atoms with Crippen LogP contribution in [0.4, 0.5) is 0 Å². The van der Waals surface area contributed by atoms with E-state index in [0.717, 1.165) is 5.56 Å². The zero-order chi connectivity index (χ0) is 15.8. The number of nitrogens with two attached hydrogens (primary N) is 1. The number of primary sulfonamides is 1. The Labute approximate surface area is 123 Å². The molecule has 0 amide bonds. The Balaban J connectivity index is 2.35. The molecule has 2 rings (SSSR count). The van der Waals surface area contributed by atoms with Crippen molar-refractivity contribution in [3.05, 3.63) is 34.6 Å². The summed E-state index contributed by atoms with van der Waals surface area (Å²) in [7, 11) is -1.96. The number of aromatic nitrogens is 3. The van der Waals surface area contributed by atoms with Gasteiger partial charge in [0.05, 0.1) is 11.1 Å². The molecule has 7 nitrogen and oxygen atoms in total. The molecule has 21 heavy (non-hydrogen) atoms. The van der Waals surface area contributed by atoms with Crippen molar-refractivity contribution in [3.8, 4) is 5.75 Å². The number of benzene rings is 1. The van der Waals surface area contributed by atoms with Crippen LogP contribution in [0.2, 0.25) is 0 Å². The summed E-state index contributed by atoms with van der Waals surface area (Å²) in [6.07, 6.45) is 1.76. The van der Waals surface area contributed by atoms with Crippen LogP contribution in [0.25, 0.3) is 0 Å². The minimum absolute atomic E-state index is 0.129. The summed E-state index contributed by atoms with van der Waals surface area (Å²) < 4.78 is 30.5. The highest BCUT2D eigenvalue weighted by Gasteiger charge is 2.18. The molecule has 0 radical (unpaired) electrons. The van der Waals surface area contributed by atoms with E-state index in [4.69, 9.17) is 9.88 Å². The Bertz CT molecular complexity index is 781. The number of rotatable bonds is 4. The van der Waals surface area contributed by atoms with Crippen LogP contribution in [0.15, 0.2) is 17.2 Å². The van der Waals surface area contributed by atoms with Crippen LogP contribution in [-0.2, 0) is 23.7 Å². The maximum Gasteiger partial charge on any atom is 0.238 e. The van der Waals surface area contributed by atoms with E-state index in [-0.39, 0.29) is 11.5 Å². The van der Waals surface area contributed by atoms with Gasteiger partial charge in [0.25, 0.3) is 0 Å². The van der Waals surface area contributed by atoms with Gasteiger partial charge in [0.1, 0.15) is 18.1 Å². The van der Waals surface area contributed by atoms with E-state index in [2.05, 4.69) is 10.3 Å². The van der Waals surface area contributed by atoms with Crippen LogP contribution in [0.5, 0.6) is 5.75 Å². The second-order valence-corrected chi connectivity index (χ2v) is 6.52. The molecule has 0 atom stereocenters. The van der Waals surface area contributed by atoms with E-state index in [0.29, 0.717) is 22.6 Å². The molecule has 0 aliphatic rings. The van der Waals surface area contributed by atoms with Gasteiger partial charge in [-0.1, -0.05) is 5.21 Å². The first-order valence-corrected chi connectivity index (χ1v) is 7.86. The lowest BCUT2D eigenvalue weighted by Gasteiger charge is -2.16. The van der Waals surface area contributed by atoms with E-state index in [9.17, 15) is 8.42 Å². The third kappa shape index (κ3) is 3.22. The van der Waals surface area contributed by atoms with Crippen LogP contribution in [0, 0.1) is 20.8 Å². The van der Waals surface area contributed by atoms with Gasteiger partial charge >= 0.3 is 0 Å². The fourth-order valence-corrected chi connectivity index (χ4v) is 3.07. The zero-order valence-electron chi connectivity index (χ0n) is 12.4. The van der Waals surface area contributed by atoms with Crippen molar-refractivity contribution in [3.63, 3.8) is 0 Å². The fraction of sp³-hybridized carbons (Fsp3) is 0.385. The third-order valence-corrected chi connectivity index (χ3v) is 4.34. The first kappa shape index (κ1) is 15.5. The number of aryl methyl sites for hydroxylation is 2. The van der Waals surface area contributed by atoms with Gasteiger partial charge in [-0.25, -0.2) is 13.6 Å². The normalized spacial score (nSPS) is 11.7. The van der Waals surface area contributed by atoms with Crippen molar-refractivity contribution in [2.45, 2.75) is 32.3 Å². The monoisotopic (exact) mass is 310 g/mol. The average Bonchev–Trinajstić information content (AvgIpc) is 2.78. The quantitative estimate of drug-likeness (QED) is 0.907. The molecule has 0 fully saturated rings. The second-order valence-electron chi connectivity index (χ2n) is 4.99. The molecule has 2 N–H and O–H groups in total. The van der Waals surface area contributed by atoms with E-state index in [1.807, 2.05) is 6.92 Å². The van der Waals surface area contributed by atoms with E-state index < -0.39 is 10.0 Å². The predicted molar refractivity (Wildman–Crippen MR) is 77.4 cm³/mol. The van der Waals surface area contributed by atoms with Gasteiger partial charge in [-0.2, -0.15) is 0 Å². The third-order valence-electron chi connectivity index (χ3n) is 3.30. The number of ether oxygens (including phenoxy) is 1. The van der Waals surface area contributed by atoms with Gasteiger partial charge < -0.3 is 4.74 Å². The van der Waals surface area contributed by atoms with E-state index >= 15 is 0 Å². The van der Waals surface area contributed by atoms with Gasteiger partial charge in [-0.05, 0) is 43.5 Å². The summed E-state index contributed by atoms with van der Waals surface area (Å²) in [5.74, 6) is 0.644. The molecule has 0 saturated carbocycles. The van der Waals surface area contributed by atoms with Gasteiger partial charge in [0, 0.05) is 7.05 Å². The summed E-state index contributed by atoms with van der Waals surface area (Å²) >= 11 is 0. The van der Waals surface area contributed by atoms with Crippen LogP contribution < -0.4 is 9.88 Å². The van der Waals surface area contributed by atoms with Crippen molar-refractivity contribution in [2.75, 3.05) is 0 Å². The Morgan fingerprint density at radius 2 is 1.95 bits per heavy atom. The lowest BCUT2D eigenvalue weighted by molar-refractivity contribution is 0.296. The van der Waals surface area contributed by atoms with Gasteiger partial charge in [-0.3, -0.25) is 4.68 Å². The average molecular weight is 310 g/mol. The highest BCUT2D eigenvalue weighted by Crippen LogP contribution is 2.31. The van der Waals surface area contributed by atoms with Crippen LogP contribution in [-0.4, -0.2) is 23.4 Å². The molecule has 2 aromatic rings. The highest BCUT2D eigenvalue weighted by molar-refractivity contribution is 7.89. The van der Waals surface area contributed by atoms with Crippen molar-refractivity contribution in [1.82, 2.24) is 15.0 Å². The van der Waals surface area contributed by atoms with Gasteiger partial charge in [-0.15, -0.1) is 5.10 Å². The van der Waals surface area contributed by atoms with Crippen molar-refractivity contribution >= 4 is 10.0 Å². The highest BCUT2D eigenvalue weighted by atomic mass is 32.2. The topological polar surface area (TPSA) is 100 Å². The molecular formula is C13H18N4O3S. The van der Waals surface area contributed by atoms with Crippen molar-refractivity contribution < 1.29 is 13.2 Å². The standard InChI is InChI=1S/C13H18N4O3S/c1-8-5-12(21(14,18)19)9(2)10(3)13(8)20-7-11-6-17(4)16-15-11/h5-6H,7H2,1-4H3,(H2,14,18,19). The van der Waals surface area contributed by atoms with Gasteiger partial charge in [0.15, 0.2) is 0 Å². The molecule has 0 unspecified atom stereocenters.